The van der Waals surface area contributed by atoms with Crippen molar-refractivity contribution in [1.82, 2.24) is 0 Å². The molecule has 0 atom stereocenters. The number of nitriles is 1. The molecular formula is C16H12BrNO3S. The molecule has 0 spiro atoms. The van der Waals surface area contributed by atoms with E-state index in [2.05, 4.69) is 15.9 Å². The zero-order chi connectivity index (χ0) is 16.2. The molecule has 0 radical (unpaired) electrons. The van der Waals surface area contributed by atoms with Crippen molar-refractivity contribution in [3.8, 4) is 11.8 Å². The van der Waals surface area contributed by atoms with Gasteiger partial charge >= 0.3 is 0 Å². The Morgan fingerprint density at radius 3 is 2.50 bits per heavy atom. The van der Waals surface area contributed by atoms with Crippen molar-refractivity contribution >= 4 is 31.8 Å². The Labute approximate surface area is 137 Å². The van der Waals surface area contributed by atoms with Gasteiger partial charge in [-0.1, -0.05) is 34.1 Å². The van der Waals surface area contributed by atoms with Crippen molar-refractivity contribution in [2.75, 3.05) is 7.11 Å². The summed E-state index contributed by atoms with van der Waals surface area (Å²) in [6.07, 6.45) is 1.31. The molecule has 0 aliphatic rings. The Hall–Kier alpha value is -2.10. The first-order valence-corrected chi connectivity index (χ1v) is 8.52. The van der Waals surface area contributed by atoms with Crippen LogP contribution in [0.4, 0.5) is 0 Å². The number of nitrogens with zero attached hydrogens (tertiary/aromatic N) is 1. The molecule has 2 rings (SSSR count). The highest BCUT2D eigenvalue weighted by Gasteiger charge is 2.21. The number of allylic oxidation sites excluding steroid dienone is 1. The third-order valence-electron chi connectivity index (χ3n) is 2.93. The Bertz CT molecular complexity index is 853. The highest BCUT2D eigenvalue weighted by Crippen LogP contribution is 2.28. The van der Waals surface area contributed by atoms with E-state index < -0.39 is 9.84 Å². The summed E-state index contributed by atoms with van der Waals surface area (Å²) in [6, 6.07) is 14.8. The fourth-order valence-corrected chi connectivity index (χ4v) is 3.41. The highest BCUT2D eigenvalue weighted by molar-refractivity contribution is 9.10. The number of benzene rings is 2. The molecule has 0 unspecified atom stereocenters. The second-order valence-electron chi connectivity index (χ2n) is 4.32. The van der Waals surface area contributed by atoms with Gasteiger partial charge < -0.3 is 4.74 Å². The van der Waals surface area contributed by atoms with Gasteiger partial charge in [-0.25, -0.2) is 8.42 Å². The van der Waals surface area contributed by atoms with Crippen LogP contribution in [0.3, 0.4) is 0 Å². The third-order valence-corrected chi connectivity index (χ3v) is 5.11. The van der Waals surface area contributed by atoms with Crippen molar-refractivity contribution in [3.05, 3.63) is 63.5 Å². The molecule has 22 heavy (non-hydrogen) atoms. The topological polar surface area (TPSA) is 67.2 Å². The molecule has 0 fully saturated rings. The van der Waals surface area contributed by atoms with E-state index in [1.54, 1.807) is 42.5 Å². The van der Waals surface area contributed by atoms with Gasteiger partial charge in [0.25, 0.3) is 0 Å². The summed E-state index contributed by atoms with van der Waals surface area (Å²) < 4.78 is 31.0. The standard InChI is InChI=1S/C16H12BrNO3S/c1-21-16-8-7-13(17)9-12(16)10-15(11-18)22(19,20)14-5-3-2-4-6-14/h2-10H,1H3/b15-10-. The fraction of sp³-hybridized carbons (Fsp3) is 0.0625. The minimum absolute atomic E-state index is 0.0803. The fourth-order valence-electron chi connectivity index (χ4n) is 1.86. The van der Waals surface area contributed by atoms with E-state index in [1.165, 1.54) is 25.3 Å². The van der Waals surface area contributed by atoms with Gasteiger partial charge in [0, 0.05) is 10.0 Å². The van der Waals surface area contributed by atoms with Crippen LogP contribution >= 0.6 is 15.9 Å². The number of halogens is 1. The highest BCUT2D eigenvalue weighted by atomic mass is 79.9. The molecule has 0 aromatic heterocycles. The minimum Gasteiger partial charge on any atom is -0.496 e. The molecule has 112 valence electrons. The van der Waals surface area contributed by atoms with Crippen molar-refractivity contribution in [1.29, 1.82) is 5.26 Å². The average molecular weight is 378 g/mol. The van der Waals surface area contributed by atoms with Gasteiger partial charge in [-0.2, -0.15) is 5.26 Å². The number of hydrogen-bond acceptors (Lipinski definition) is 4. The van der Waals surface area contributed by atoms with Crippen LogP contribution in [-0.2, 0) is 9.84 Å². The monoisotopic (exact) mass is 377 g/mol. The molecule has 0 aliphatic carbocycles. The van der Waals surface area contributed by atoms with Crippen molar-refractivity contribution in [2.24, 2.45) is 0 Å². The quantitative estimate of drug-likeness (QED) is 0.759. The zero-order valence-corrected chi connectivity index (χ0v) is 14.1. The minimum atomic E-state index is -3.86. The summed E-state index contributed by atoms with van der Waals surface area (Å²) in [4.78, 5) is -0.258. The van der Waals surface area contributed by atoms with Gasteiger partial charge in [-0.05, 0) is 36.4 Å². The number of hydrogen-bond donors (Lipinski definition) is 0. The van der Waals surface area contributed by atoms with Gasteiger partial charge in [-0.3, -0.25) is 0 Å². The van der Waals surface area contributed by atoms with Gasteiger partial charge in [-0.15, -0.1) is 0 Å². The lowest BCUT2D eigenvalue weighted by molar-refractivity contribution is 0.414. The summed E-state index contributed by atoms with van der Waals surface area (Å²) in [5.41, 5.74) is 0.507. The number of sulfone groups is 1. The summed E-state index contributed by atoms with van der Waals surface area (Å²) >= 11 is 3.32. The summed E-state index contributed by atoms with van der Waals surface area (Å²) in [5.74, 6) is 0.485. The summed E-state index contributed by atoms with van der Waals surface area (Å²) in [5, 5.41) is 9.27. The van der Waals surface area contributed by atoms with Crippen LogP contribution in [-0.4, -0.2) is 15.5 Å². The zero-order valence-electron chi connectivity index (χ0n) is 11.7. The first-order chi connectivity index (χ1) is 10.5. The first-order valence-electron chi connectivity index (χ1n) is 6.24. The number of ether oxygens (including phenoxy) is 1. The molecule has 6 heteroatoms. The molecule has 0 aliphatic heterocycles. The van der Waals surface area contributed by atoms with Crippen LogP contribution in [0.5, 0.6) is 5.75 Å². The predicted molar refractivity (Wildman–Crippen MR) is 87.9 cm³/mol. The van der Waals surface area contributed by atoms with Crippen molar-refractivity contribution in [2.45, 2.75) is 4.90 Å². The lowest BCUT2D eigenvalue weighted by Gasteiger charge is -2.07. The van der Waals surface area contributed by atoms with Crippen LogP contribution in [0.2, 0.25) is 0 Å². The van der Waals surface area contributed by atoms with Crippen molar-refractivity contribution < 1.29 is 13.2 Å². The molecule has 4 nitrogen and oxygen atoms in total. The maximum atomic E-state index is 12.5. The average Bonchev–Trinajstić information content (AvgIpc) is 2.53. The molecule has 0 heterocycles. The van der Waals surface area contributed by atoms with Crippen LogP contribution in [0.25, 0.3) is 6.08 Å². The molecule has 0 saturated carbocycles. The van der Waals surface area contributed by atoms with Gasteiger partial charge in [0.05, 0.1) is 12.0 Å². The van der Waals surface area contributed by atoms with Crippen LogP contribution in [0, 0.1) is 11.3 Å². The van der Waals surface area contributed by atoms with Gasteiger partial charge in [0.1, 0.15) is 16.7 Å². The summed E-state index contributed by atoms with van der Waals surface area (Å²) in [7, 11) is -2.37. The lowest BCUT2D eigenvalue weighted by atomic mass is 10.2. The molecule has 2 aromatic carbocycles. The second-order valence-corrected chi connectivity index (χ2v) is 7.16. The Kier molecular flexibility index (Phi) is 5.01. The second kappa shape index (κ2) is 6.77. The van der Waals surface area contributed by atoms with E-state index >= 15 is 0 Å². The Morgan fingerprint density at radius 1 is 1.23 bits per heavy atom. The van der Waals surface area contributed by atoms with Crippen LogP contribution in [0.15, 0.2) is 62.8 Å². The lowest BCUT2D eigenvalue weighted by Crippen LogP contribution is -2.03. The predicted octanol–water partition coefficient (Wildman–Crippen LogP) is 3.80. The maximum absolute atomic E-state index is 12.5. The largest absolute Gasteiger partial charge is 0.496 e. The molecule has 0 N–H and O–H groups in total. The van der Waals surface area contributed by atoms with Crippen LogP contribution < -0.4 is 4.74 Å². The molecule has 0 bridgehead atoms. The van der Waals surface area contributed by atoms with E-state index in [4.69, 9.17) is 4.74 Å². The summed E-state index contributed by atoms with van der Waals surface area (Å²) in [6.45, 7) is 0. The molecule has 0 saturated heterocycles. The van der Waals surface area contributed by atoms with Gasteiger partial charge in [0.15, 0.2) is 0 Å². The smallest absolute Gasteiger partial charge is 0.216 e. The van der Waals surface area contributed by atoms with Crippen molar-refractivity contribution in [3.63, 3.8) is 0 Å². The third kappa shape index (κ3) is 3.38. The Morgan fingerprint density at radius 2 is 1.91 bits per heavy atom. The number of methoxy groups -OCH3 is 1. The van der Waals surface area contributed by atoms with E-state index in [9.17, 15) is 13.7 Å². The molecular weight excluding hydrogens is 366 g/mol. The van der Waals surface area contributed by atoms with E-state index in [0.717, 1.165) is 4.47 Å². The first kappa shape index (κ1) is 16.3. The van der Waals surface area contributed by atoms with E-state index in [0.29, 0.717) is 11.3 Å². The Balaban J connectivity index is 2.59. The maximum Gasteiger partial charge on any atom is 0.216 e. The van der Waals surface area contributed by atoms with E-state index in [1.807, 2.05) is 0 Å². The number of rotatable bonds is 4. The van der Waals surface area contributed by atoms with E-state index in [-0.39, 0.29) is 9.80 Å². The van der Waals surface area contributed by atoms with Gasteiger partial charge in [0.2, 0.25) is 9.84 Å². The van der Waals surface area contributed by atoms with Crippen LogP contribution in [0.1, 0.15) is 5.56 Å². The molecule has 0 amide bonds. The SMILES string of the molecule is COc1ccc(Br)cc1/C=C(/C#N)S(=O)(=O)c1ccccc1. The normalized spacial score (nSPS) is 11.8. The molecule has 2 aromatic rings.